The molecular weight excluding hydrogens is 271 g/mol. The minimum absolute atomic E-state index is 0.0984. The summed E-state index contributed by atoms with van der Waals surface area (Å²) in [5, 5.41) is 0.806. The Bertz CT molecular complexity index is 304. The molecule has 0 radical (unpaired) electrons. The quantitative estimate of drug-likeness (QED) is 0.542. The Morgan fingerprint density at radius 1 is 1.31 bits per heavy atom. The summed E-state index contributed by atoms with van der Waals surface area (Å²) in [4.78, 5) is 0. The van der Waals surface area contributed by atoms with Crippen LogP contribution in [0.1, 0.15) is 30.7 Å². The molecule has 1 unspecified atom stereocenters. The van der Waals surface area contributed by atoms with Crippen LogP contribution in [-0.2, 0) is 4.74 Å². The predicted octanol–water partition coefficient (Wildman–Crippen LogP) is 4.12. The maximum atomic E-state index is 13.6. The van der Waals surface area contributed by atoms with E-state index >= 15 is 0 Å². The van der Waals surface area contributed by atoms with Gasteiger partial charge in [-0.3, -0.25) is 0 Å². The first kappa shape index (κ1) is 13.7. The molecule has 0 saturated carbocycles. The average molecular weight is 289 g/mol. The Morgan fingerprint density at radius 2 is 2.06 bits per heavy atom. The third-order valence-electron chi connectivity index (χ3n) is 2.68. The molecule has 0 saturated heterocycles. The number of hydrogen-bond acceptors (Lipinski definition) is 1. The minimum Gasteiger partial charge on any atom is -0.385 e. The number of alkyl halides is 1. The summed E-state index contributed by atoms with van der Waals surface area (Å²) in [5.74, 6) is 0.164. The fraction of sp³-hybridized carbons (Fsp3) is 0.538. The zero-order chi connectivity index (χ0) is 11.8. The van der Waals surface area contributed by atoms with Crippen LogP contribution in [0.25, 0.3) is 0 Å². The van der Waals surface area contributed by atoms with Crippen LogP contribution in [0.4, 0.5) is 4.39 Å². The fourth-order valence-electron chi connectivity index (χ4n) is 1.76. The SMILES string of the molecule is COCCCCC(CBr)c1ccccc1F. The predicted molar refractivity (Wildman–Crippen MR) is 68.7 cm³/mol. The molecule has 1 aromatic rings. The molecule has 0 bridgehead atoms. The second kappa shape index (κ2) is 7.80. The van der Waals surface area contributed by atoms with Crippen molar-refractivity contribution < 1.29 is 9.13 Å². The highest BCUT2D eigenvalue weighted by Gasteiger charge is 2.13. The van der Waals surface area contributed by atoms with Crippen LogP contribution in [0.5, 0.6) is 0 Å². The van der Waals surface area contributed by atoms with Crippen LogP contribution < -0.4 is 0 Å². The molecule has 0 aromatic heterocycles. The van der Waals surface area contributed by atoms with Crippen LogP contribution in [-0.4, -0.2) is 19.0 Å². The normalized spacial score (nSPS) is 12.7. The van der Waals surface area contributed by atoms with Gasteiger partial charge in [-0.1, -0.05) is 40.5 Å². The van der Waals surface area contributed by atoms with Gasteiger partial charge < -0.3 is 4.74 Å². The largest absolute Gasteiger partial charge is 0.385 e. The van der Waals surface area contributed by atoms with E-state index in [4.69, 9.17) is 4.74 Å². The van der Waals surface area contributed by atoms with Crippen LogP contribution in [0, 0.1) is 5.82 Å². The number of benzene rings is 1. The third-order valence-corrected chi connectivity index (χ3v) is 3.46. The lowest BCUT2D eigenvalue weighted by Crippen LogP contribution is -2.03. The summed E-state index contributed by atoms with van der Waals surface area (Å²) in [6.45, 7) is 0.784. The van der Waals surface area contributed by atoms with Crippen LogP contribution in [0.15, 0.2) is 24.3 Å². The third kappa shape index (κ3) is 4.22. The Labute approximate surface area is 105 Å². The highest BCUT2D eigenvalue weighted by Crippen LogP contribution is 2.26. The lowest BCUT2D eigenvalue weighted by Gasteiger charge is -2.15. The van der Waals surface area contributed by atoms with Gasteiger partial charge in [0.25, 0.3) is 0 Å². The van der Waals surface area contributed by atoms with E-state index < -0.39 is 0 Å². The minimum atomic E-state index is -0.0984. The van der Waals surface area contributed by atoms with Crippen molar-refractivity contribution in [3.8, 4) is 0 Å². The second-order valence-corrected chi connectivity index (χ2v) is 4.51. The van der Waals surface area contributed by atoms with Crippen molar-refractivity contribution in [1.82, 2.24) is 0 Å². The van der Waals surface area contributed by atoms with Gasteiger partial charge in [-0.2, -0.15) is 0 Å². The van der Waals surface area contributed by atoms with E-state index in [1.165, 1.54) is 6.07 Å². The zero-order valence-electron chi connectivity index (χ0n) is 9.59. The summed E-state index contributed by atoms with van der Waals surface area (Å²) in [6, 6.07) is 7.02. The van der Waals surface area contributed by atoms with Crippen LogP contribution >= 0.6 is 15.9 Å². The van der Waals surface area contributed by atoms with Gasteiger partial charge in [-0.15, -0.1) is 0 Å². The molecule has 16 heavy (non-hydrogen) atoms. The van der Waals surface area contributed by atoms with Gasteiger partial charge in [0.15, 0.2) is 0 Å². The van der Waals surface area contributed by atoms with E-state index in [1.807, 2.05) is 12.1 Å². The van der Waals surface area contributed by atoms with E-state index in [0.29, 0.717) is 0 Å². The first-order chi connectivity index (χ1) is 7.79. The maximum Gasteiger partial charge on any atom is 0.126 e. The smallest absolute Gasteiger partial charge is 0.126 e. The van der Waals surface area contributed by atoms with Crippen molar-refractivity contribution in [2.45, 2.75) is 25.2 Å². The Hall–Kier alpha value is -0.410. The summed E-state index contributed by atoms with van der Waals surface area (Å²) >= 11 is 3.46. The summed E-state index contributed by atoms with van der Waals surface area (Å²) < 4.78 is 18.6. The molecule has 90 valence electrons. The summed E-state index contributed by atoms with van der Waals surface area (Å²) in [6.07, 6.45) is 3.10. The number of hydrogen-bond donors (Lipinski definition) is 0. The van der Waals surface area contributed by atoms with Gasteiger partial charge in [0, 0.05) is 19.0 Å². The van der Waals surface area contributed by atoms with E-state index in [2.05, 4.69) is 15.9 Å². The molecule has 0 N–H and O–H groups in total. The lowest BCUT2D eigenvalue weighted by molar-refractivity contribution is 0.191. The number of unbranched alkanes of at least 4 members (excludes halogenated alkanes) is 1. The monoisotopic (exact) mass is 288 g/mol. The molecular formula is C13H18BrFO. The molecule has 0 spiro atoms. The number of methoxy groups -OCH3 is 1. The van der Waals surface area contributed by atoms with E-state index in [0.717, 1.165) is 36.8 Å². The molecule has 0 aliphatic rings. The van der Waals surface area contributed by atoms with Crippen molar-refractivity contribution in [3.63, 3.8) is 0 Å². The molecule has 1 atom stereocenters. The van der Waals surface area contributed by atoms with Crippen molar-refractivity contribution >= 4 is 15.9 Å². The first-order valence-corrected chi connectivity index (χ1v) is 6.71. The van der Waals surface area contributed by atoms with Gasteiger partial charge in [-0.05, 0) is 30.4 Å². The topological polar surface area (TPSA) is 9.23 Å². The Morgan fingerprint density at radius 3 is 2.69 bits per heavy atom. The van der Waals surface area contributed by atoms with Crippen LogP contribution in [0.2, 0.25) is 0 Å². The zero-order valence-corrected chi connectivity index (χ0v) is 11.2. The van der Waals surface area contributed by atoms with Gasteiger partial charge in [-0.25, -0.2) is 4.39 Å². The average Bonchev–Trinajstić information content (AvgIpc) is 2.31. The Balaban J connectivity index is 2.51. The number of halogens is 2. The van der Waals surface area contributed by atoms with E-state index in [1.54, 1.807) is 13.2 Å². The van der Waals surface area contributed by atoms with Crippen molar-refractivity contribution in [2.75, 3.05) is 19.0 Å². The summed E-state index contributed by atoms with van der Waals surface area (Å²) in [7, 11) is 1.71. The Kier molecular flexibility index (Phi) is 6.65. The van der Waals surface area contributed by atoms with Crippen molar-refractivity contribution in [1.29, 1.82) is 0 Å². The molecule has 3 heteroatoms. The first-order valence-electron chi connectivity index (χ1n) is 5.59. The van der Waals surface area contributed by atoms with Gasteiger partial charge >= 0.3 is 0 Å². The standard InChI is InChI=1S/C13H18BrFO/c1-16-9-5-4-6-11(10-14)12-7-2-3-8-13(12)15/h2-3,7-8,11H,4-6,9-10H2,1H3. The molecule has 0 aliphatic carbocycles. The van der Waals surface area contributed by atoms with Gasteiger partial charge in [0.1, 0.15) is 5.82 Å². The molecule has 0 aliphatic heterocycles. The highest BCUT2D eigenvalue weighted by atomic mass is 79.9. The highest BCUT2D eigenvalue weighted by molar-refractivity contribution is 9.09. The second-order valence-electron chi connectivity index (χ2n) is 3.86. The van der Waals surface area contributed by atoms with Crippen molar-refractivity contribution in [3.05, 3.63) is 35.6 Å². The number of ether oxygens (including phenoxy) is 1. The maximum absolute atomic E-state index is 13.6. The molecule has 1 nitrogen and oxygen atoms in total. The summed E-state index contributed by atoms with van der Waals surface area (Å²) in [5.41, 5.74) is 0.816. The molecule has 0 heterocycles. The van der Waals surface area contributed by atoms with Gasteiger partial charge in [0.2, 0.25) is 0 Å². The van der Waals surface area contributed by atoms with E-state index in [9.17, 15) is 4.39 Å². The lowest BCUT2D eigenvalue weighted by atomic mass is 9.95. The fourth-order valence-corrected chi connectivity index (χ4v) is 2.43. The molecule has 1 aromatic carbocycles. The van der Waals surface area contributed by atoms with Crippen LogP contribution in [0.3, 0.4) is 0 Å². The number of rotatable bonds is 7. The molecule has 0 amide bonds. The van der Waals surface area contributed by atoms with E-state index in [-0.39, 0.29) is 11.7 Å². The molecule has 0 fully saturated rings. The molecule has 1 rings (SSSR count). The van der Waals surface area contributed by atoms with Crippen molar-refractivity contribution in [2.24, 2.45) is 0 Å². The van der Waals surface area contributed by atoms with Gasteiger partial charge in [0.05, 0.1) is 0 Å².